The van der Waals surface area contributed by atoms with E-state index < -0.39 is 0 Å². The summed E-state index contributed by atoms with van der Waals surface area (Å²) < 4.78 is 0. The van der Waals surface area contributed by atoms with E-state index in [9.17, 15) is 4.79 Å². The summed E-state index contributed by atoms with van der Waals surface area (Å²) in [5.74, 6) is 0.151. The summed E-state index contributed by atoms with van der Waals surface area (Å²) in [5, 5.41) is 5.15. The molecule has 0 bridgehead atoms. The fourth-order valence-corrected chi connectivity index (χ4v) is 4.21. The first-order valence-electron chi connectivity index (χ1n) is 8.22. The molecule has 1 atom stereocenters. The average Bonchev–Trinajstić information content (AvgIpc) is 3.20. The van der Waals surface area contributed by atoms with Gasteiger partial charge in [-0.2, -0.15) is 0 Å². The molecule has 1 unspecified atom stereocenters. The highest BCUT2D eigenvalue weighted by Gasteiger charge is 2.60. The third kappa shape index (κ3) is 2.65. The Kier molecular flexibility index (Phi) is 3.95. The maximum atomic E-state index is 12.8. The molecule has 1 amide bonds. The largest absolute Gasteiger partial charge is 0.351 e. The summed E-state index contributed by atoms with van der Waals surface area (Å²) in [5.41, 5.74) is 2.28. The van der Waals surface area contributed by atoms with Crippen LogP contribution in [0.15, 0.2) is 78.2 Å². The van der Waals surface area contributed by atoms with Crippen LogP contribution in [0.4, 0.5) is 0 Å². The molecule has 1 heterocycles. The molecule has 2 aromatic carbocycles. The van der Waals surface area contributed by atoms with E-state index in [1.165, 1.54) is 16.0 Å². The number of hydrogen-bond donors (Lipinski definition) is 1. The van der Waals surface area contributed by atoms with E-state index in [0.717, 1.165) is 6.42 Å². The zero-order valence-electron chi connectivity index (χ0n) is 13.3. The first kappa shape index (κ1) is 15.2. The maximum absolute atomic E-state index is 12.8. The number of benzene rings is 2. The van der Waals surface area contributed by atoms with E-state index in [1.807, 2.05) is 23.6 Å². The van der Waals surface area contributed by atoms with Gasteiger partial charge >= 0.3 is 0 Å². The monoisotopic (exact) mass is 333 g/mol. The number of rotatable bonds is 5. The van der Waals surface area contributed by atoms with Gasteiger partial charge in [-0.1, -0.05) is 66.7 Å². The fourth-order valence-electron chi connectivity index (χ4n) is 3.57. The molecule has 0 aliphatic heterocycles. The Bertz CT molecular complexity index is 772. The van der Waals surface area contributed by atoms with Crippen molar-refractivity contribution in [3.63, 3.8) is 0 Å². The fraction of sp³-hybridized carbons (Fsp3) is 0.190. The molecule has 2 nitrogen and oxygen atoms in total. The third-order valence-corrected chi connectivity index (χ3v) is 5.75. The third-order valence-electron chi connectivity index (χ3n) is 4.87. The van der Waals surface area contributed by atoms with Gasteiger partial charge in [0.15, 0.2) is 0 Å². The highest BCUT2D eigenvalue weighted by Crippen LogP contribution is 2.58. The van der Waals surface area contributed by atoms with Crippen molar-refractivity contribution in [3.05, 3.63) is 94.2 Å². The molecule has 3 heteroatoms. The molecular formula is C21H19NOS. The van der Waals surface area contributed by atoms with Gasteiger partial charge in [0, 0.05) is 10.3 Å². The standard InChI is InChI=1S/C21H19NOS/c23-20(22-15-18-12-7-13-24-18)19-14-21(19,16-8-3-1-4-9-16)17-10-5-2-6-11-17/h1-13,19H,14-15H2,(H,22,23). The molecule has 1 aromatic heterocycles. The second-order valence-electron chi connectivity index (χ2n) is 6.26. The van der Waals surface area contributed by atoms with Crippen LogP contribution in [0.5, 0.6) is 0 Å². The normalized spacial score (nSPS) is 18.1. The molecule has 1 aliphatic rings. The van der Waals surface area contributed by atoms with Gasteiger partial charge in [0.25, 0.3) is 0 Å². The predicted octanol–water partition coefficient (Wildman–Crippen LogP) is 4.37. The summed E-state index contributed by atoms with van der Waals surface area (Å²) in [6, 6.07) is 24.9. The Labute approximate surface area is 146 Å². The molecule has 0 radical (unpaired) electrons. The molecule has 0 saturated heterocycles. The van der Waals surface area contributed by atoms with Crippen LogP contribution in [0.1, 0.15) is 22.4 Å². The Morgan fingerprint density at radius 2 is 1.58 bits per heavy atom. The zero-order valence-corrected chi connectivity index (χ0v) is 14.1. The summed E-state index contributed by atoms with van der Waals surface area (Å²) in [6.07, 6.45) is 0.872. The van der Waals surface area contributed by atoms with Gasteiger partial charge in [-0.15, -0.1) is 11.3 Å². The topological polar surface area (TPSA) is 29.1 Å². The van der Waals surface area contributed by atoms with E-state index in [-0.39, 0.29) is 17.2 Å². The molecule has 1 N–H and O–H groups in total. The first-order chi connectivity index (χ1) is 11.8. The highest BCUT2D eigenvalue weighted by molar-refractivity contribution is 7.09. The number of carbonyl (C=O) groups is 1. The van der Waals surface area contributed by atoms with Gasteiger partial charge in [-0.05, 0) is 29.0 Å². The van der Waals surface area contributed by atoms with Crippen LogP contribution in [0.25, 0.3) is 0 Å². The van der Waals surface area contributed by atoms with Crippen LogP contribution in [0, 0.1) is 5.92 Å². The van der Waals surface area contributed by atoms with Crippen LogP contribution in [0.3, 0.4) is 0 Å². The van der Waals surface area contributed by atoms with E-state index in [0.29, 0.717) is 6.54 Å². The van der Waals surface area contributed by atoms with Gasteiger partial charge < -0.3 is 5.32 Å². The van der Waals surface area contributed by atoms with Crippen molar-refractivity contribution in [2.24, 2.45) is 5.92 Å². The smallest absolute Gasteiger partial charge is 0.224 e. The average molecular weight is 333 g/mol. The molecule has 1 fully saturated rings. The summed E-state index contributed by atoms with van der Waals surface area (Å²) in [4.78, 5) is 13.9. The van der Waals surface area contributed by atoms with Crippen LogP contribution in [-0.2, 0) is 16.8 Å². The minimum atomic E-state index is -0.179. The second kappa shape index (κ2) is 6.25. The van der Waals surface area contributed by atoms with Crippen molar-refractivity contribution in [3.8, 4) is 0 Å². The van der Waals surface area contributed by atoms with Crippen LogP contribution in [-0.4, -0.2) is 5.91 Å². The van der Waals surface area contributed by atoms with Crippen molar-refractivity contribution in [2.45, 2.75) is 18.4 Å². The Balaban J connectivity index is 1.59. The van der Waals surface area contributed by atoms with Gasteiger partial charge in [-0.25, -0.2) is 0 Å². The molecule has 1 saturated carbocycles. The van der Waals surface area contributed by atoms with E-state index >= 15 is 0 Å². The van der Waals surface area contributed by atoms with Crippen molar-refractivity contribution >= 4 is 17.2 Å². The Hall–Kier alpha value is -2.39. The molecule has 3 aromatic rings. The lowest BCUT2D eigenvalue weighted by molar-refractivity contribution is -0.122. The van der Waals surface area contributed by atoms with Crippen molar-refractivity contribution < 1.29 is 4.79 Å². The number of carbonyl (C=O) groups excluding carboxylic acids is 1. The van der Waals surface area contributed by atoms with Crippen LogP contribution in [0.2, 0.25) is 0 Å². The lowest BCUT2D eigenvalue weighted by Gasteiger charge is -2.19. The van der Waals surface area contributed by atoms with Gasteiger partial charge in [0.05, 0.1) is 12.5 Å². The molecule has 1 aliphatic carbocycles. The molecule has 0 spiro atoms. The number of hydrogen-bond acceptors (Lipinski definition) is 2. The van der Waals surface area contributed by atoms with Crippen molar-refractivity contribution in [2.75, 3.05) is 0 Å². The maximum Gasteiger partial charge on any atom is 0.224 e. The Morgan fingerprint density at radius 3 is 2.12 bits per heavy atom. The predicted molar refractivity (Wildman–Crippen MR) is 97.9 cm³/mol. The van der Waals surface area contributed by atoms with E-state index in [1.54, 1.807) is 11.3 Å². The lowest BCUT2D eigenvalue weighted by atomic mass is 9.85. The minimum absolute atomic E-state index is 0.00209. The minimum Gasteiger partial charge on any atom is -0.351 e. The number of thiophene rings is 1. The molecule has 120 valence electrons. The Morgan fingerprint density at radius 1 is 0.958 bits per heavy atom. The van der Waals surface area contributed by atoms with Gasteiger partial charge in [0.2, 0.25) is 5.91 Å². The summed E-state index contributed by atoms with van der Waals surface area (Å²) in [7, 11) is 0. The second-order valence-corrected chi connectivity index (χ2v) is 7.29. The number of amides is 1. The molecular weight excluding hydrogens is 314 g/mol. The highest BCUT2D eigenvalue weighted by atomic mass is 32.1. The van der Waals surface area contributed by atoms with Crippen LogP contribution < -0.4 is 5.32 Å². The molecule has 24 heavy (non-hydrogen) atoms. The summed E-state index contributed by atoms with van der Waals surface area (Å²) in [6.45, 7) is 0.618. The van der Waals surface area contributed by atoms with Crippen LogP contribution >= 0.6 is 11.3 Å². The van der Waals surface area contributed by atoms with Crippen molar-refractivity contribution in [1.29, 1.82) is 0 Å². The zero-order chi connectivity index (χ0) is 16.4. The SMILES string of the molecule is O=C(NCc1cccs1)C1CC1(c1ccccc1)c1ccccc1. The quantitative estimate of drug-likeness (QED) is 0.738. The summed E-state index contributed by atoms with van der Waals surface area (Å²) >= 11 is 1.67. The van der Waals surface area contributed by atoms with E-state index in [4.69, 9.17) is 0 Å². The number of nitrogens with one attached hydrogen (secondary N) is 1. The van der Waals surface area contributed by atoms with Crippen molar-refractivity contribution in [1.82, 2.24) is 5.32 Å². The first-order valence-corrected chi connectivity index (χ1v) is 9.10. The lowest BCUT2D eigenvalue weighted by Crippen LogP contribution is -2.28. The van der Waals surface area contributed by atoms with Gasteiger partial charge in [0.1, 0.15) is 0 Å². The van der Waals surface area contributed by atoms with E-state index in [2.05, 4.69) is 59.9 Å². The molecule has 4 rings (SSSR count). The van der Waals surface area contributed by atoms with Gasteiger partial charge in [-0.3, -0.25) is 4.79 Å².